The Morgan fingerprint density at radius 3 is 2.52 bits per heavy atom. The maximum Gasteiger partial charge on any atom is 0.406 e. The van der Waals surface area contributed by atoms with Gasteiger partial charge < -0.3 is 25.9 Å². The van der Waals surface area contributed by atoms with E-state index in [0.717, 1.165) is 59.8 Å². The van der Waals surface area contributed by atoms with Crippen LogP contribution in [0.3, 0.4) is 0 Å². The molecule has 1 amide bonds. The summed E-state index contributed by atoms with van der Waals surface area (Å²) in [5.74, 6) is 0.627. The van der Waals surface area contributed by atoms with Crippen LogP contribution in [0.5, 0.6) is 0 Å². The molecule has 2 aromatic carbocycles. The van der Waals surface area contributed by atoms with Gasteiger partial charge in [0.2, 0.25) is 0 Å². The van der Waals surface area contributed by atoms with Gasteiger partial charge in [0.15, 0.2) is 5.82 Å². The first-order chi connectivity index (χ1) is 19.4. The lowest BCUT2D eigenvalue weighted by molar-refractivity contribution is -0.110. The highest BCUT2D eigenvalue weighted by atomic mass is 19.1. The summed E-state index contributed by atoms with van der Waals surface area (Å²) >= 11 is 0. The van der Waals surface area contributed by atoms with E-state index in [4.69, 9.17) is 10.5 Å². The van der Waals surface area contributed by atoms with Crippen molar-refractivity contribution in [1.29, 1.82) is 0 Å². The number of methoxy groups -OCH3 is 1. The Bertz CT molecular complexity index is 1310. The first-order valence-corrected chi connectivity index (χ1v) is 13.9. The molecule has 8 nitrogen and oxygen atoms in total. The van der Waals surface area contributed by atoms with E-state index in [9.17, 15) is 14.0 Å². The normalized spacial score (nSPS) is 24.8. The lowest BCUT2D eigenvalue weighted by atomic mass is 9.71. The third kappa shape index (κ3) is 5.84. The maximum absolute atomic E-state index is 13.6. The Morgan fingerprint density at radius 2 is 1.85 bits per heavy atom. The molecule has 3 unspecified atom stereocenters. The van der Waals surface area contributed by atoms with Gasteiger partial charge in [-0.25, -0.2) is 9.18 Å². The largest absolute Gasteiger partial charge is 0.453 e. The first kappa shape index (κ1) is 27.7. The van der Waals surface area contributed by atoms with Crippen LogP contribution in [0.15, 0.2) is 60.8 Å². The Morgan fingerprint density at radius 1 is 1.12 bits per heavy atom. The fourth-order valence-corrected chi connectivity index (χ4v) is 6.20. The van der Waals surface area contributed by atoms with E-state index >= 15 is 0 Å². The van der Waals surface area contributed by atoms with Crippen molar-refractivity contribution in [2.24, 2.45) is 17.6 Å². The van der Waals surface area contributed by atoms with Crippen LogP contribution < -0.4 is 16.4 Å². The number of aldehydes is 1. The zero-order valence-electron chi connectivity index (χ0n) is 22.7. The molecule has 2 fully saturated rings. The van der Waals surface area contributed by atoms with Gasteiger partial charge in [0.1, 0.15) is 12.5 Å². The number of halogens is 1. The molecule has 0 radical (unpaired) electrons. The molecule has 0 bridgehead atoms. The van der Waals surface area contributed by atoms with Crippen molar-refractivity contribution in [2.45, 2.75) is 56.3 Å². The summed E-state index contributed by atoms with van der Waals surface area (Å²) in [6, 6.07) is 17.2. The molecule has 210 valence electrons. The summed E-state index contributed by atoms with van der Waals surface area (Å²) in [4.78, 5) is 24.2. The minimum absolute atomic E-state index is 0.00479. The number of nitrogens with one attached hydrogen (secondary N) is 2. The molecule has 5 rings (SSSR count). The highest BCUT2D eigenvalue weighted by molar-refractivity contribution is 5.90. The number of carbonyl (C=O) groups excluding carboxylic acids is 2. The number of nitrogens with two attached hydrogens (primary N) is 1. The smallest absolute Gasteiger partial charge is 0.406 e. The van der Waals surface area contributed by atoms with Crippen molar-refractivity contribution in [3.05, 3.63) is 66.4 Å². The fraction of sp³-hybridized carbons (Fsp3) is 0.419. The average molecular weight is 546 g/mol. The van der Waals surface area contributed by atoms with Crippen molar-refractivity contribution >= 4 is 18.2 Å². The van der Waals surface area contributed by atoms with Gasteiger partial charge >= 0.3 is 6.09 Å². The minimum Gasteiger partial charge on any atom is -0.453 e. The van der Waals surface area contributed by atoms with Crippen LogP contribution in [-0.2, 0) is 15.1 Å². The van der Waals surface area contributed by atoms with Gasteiger partial charge in [-0.3, -0.25) is 0 Å². The number of alkyl carbamates (subject to hydrolysis) is 1. The highest BCUT2D eigenvalue weighted by Gasteiger charge is 2.42. The summed E-state index contributed by atoms with van der Waals surface area (Å²) in [6.45, 7) is 0.438. The van der Waals surface area contributed by atoms with E-state index in [1.54, 1.807) is 6.20 Å². The fourth-order valence-electron chi connectivity index (χ4n) is 6.20. The molecule has 4 N–H and O–H groups in total. The van der Waals surface area contributed by atoms with Crippen LogP contribution in [-0.4, -0.2) is 48.4 Å². The summed E-state index contributed by atoms with van der Waals surface area (Å²) < 4.78 is 18.4. The van der Waals surface area contributed by atoms with Crippen LogP contribution in [0.1, 0.15) is 44.1 Å². The predicted molar refractivity (Wildman–Crippen MR) is 152 cm³/mol. The van der Waals surface area contributed by atoms with Gasteiger partial charge in [0.05, 0.1) is 19.3 Å². The van der Waals surface area contributed by atoms with Crippen molar-refractivity contribution in [3.63, 3.8) is 0 Å². The third-order valence-corrected chi connectivity index (χ3v) is 8.43. The number of rotatable bonds is 9. The molecule has 9 heteroatoms. The predicted octanol–water partition coefficient (Wildman–Crippen LogP) is 5.24. The van der Waals surface area contributed by atoms with Crippen LogP contribution in [0.25, 0.3) is 22.3 Å². The topological polar surface area (TPSA) is 119 Å². The summed E-state index contributed by atoms with van der Waals surface area (Å²) in [7, 11) is 1.34. The molecule has 2 aliphatic carbocycles. The summed E-state index contributed by atoms with van der Waals surface area (Å²) in [5.41, 5.74) is 10.2. The van der Waals surface area contributed by atoms with Gasteiger partial charge in [-0.15, -0.1) is 5.10 Å². The van der Waals surface area contributed by atoms with Crippen LogP contribution in [0, 0.1) is 11.8 Å². The Labute approximate surface area is 233 Å². The minimum atomic E-state index is -0.860. The van der Waals surface area contributed by atoms with Crippen LogP contribution in [0.2, 0.25) is 0 Å². The van der Waals surface area contributed by atoms with E-state index in [-0.39, 0.29) is 11.8 Å². The van der Waals surface area contributed by atoms with Crippen LogP contribution >= 0.6 is 0 Å². The number of hydrogen-bond acceptors (Lipinski definition) is 7. The Hall–Kier alpha value is -3.85. The highest BCUT2D eigenvalue weighted by Crippen LogP contribution is 2.43. The molecule has 1 heterocycles. The number of alkyl halides is 1. The van der Waals surface area contributed by atoms with Gasteiger partial charge in [-0.2, -0.15) is 5.10 Å². The molecule has 0 saturated heterocycles. The van der Waals surface area contributed by atoms with E-state index in [1.807, 2.05) is 54.6 Å². The molecule has 1 aromatic heterocycles. The number of amides is 1. The molecule has 2 saturated carbocycles. The van der Waals surface area contributed by atoms with Gasteiger partial charge in [-0.1, -0.05) is 67.4 Å². The molecular formula is C31H36FN5O3. The SMILES string of the molecule is COC(=O)NCC1CCCCC1C(C=O)Nc1nncc(-c2ccccc2)c1-c1ccc(C2(N)CC(F)C2)cc1. The Kier molecular flexibility index (Phi) is 8.40. The van der Waals surface area contributed by atoms with Gasteiger partial charge in [-0.05, 0) is 41.4 Å². The molecule has 40 heavy (non-hydrogen) atoms. The number of ether oxygens (including phenoxy) is 1. The lowest BCUT2D eigenvalue weighted by Crippen LogP contribution is -2.50. The number of anilines is 1. The molecule has 3 aromatic rings. The van der Waals surface area contributed by atoms with E-state index in [1.165, 1.54) is 7.11 Å². The number of carbonyl (C=O) groups is 2. The second-order valence-electron chi connectivity index (χ2n) is 11.0. The molecule has 2 aliphatic rings. The summed E-state index contributed by atoms with van der Waals surface area (Å²) in [5, 5.41) is 15.0. The molecule has 0 spiro atoms. The molecule has 3 atom stereocenters. The van der Waals surface area contributed by atoms with E-state index in [2.05, 4.69) is 20.8 Å². The van der Waals surface area contributed by atoms with Crippen molar-refractivity contribution < 1.29 is 18.7 Å². The third-order valence-electron chi connectivity index (χ3n) is 8.43. The van der Waals surface area contributed by atoms with Crippen molar-refractivity contribution in [1.82, 2.24) is 15.5 Å². The second kappa shape index (κ2) is 12.1. The zero-order chi connectivity index (χ0) is 28.1. The van der Waals surface area contributed by atoms with E-state index < -0.39 is 23.8 Å². The number of aromatic nitrogens is 2. The molecule has 0 aliphatic heterocycles. The summed E-state index contributed by atoms with van der Waals surface area (Å²) in [6.07, 6.45) is 5.79. The van der Waals surface area contributed by atoms with Crippen molar-refractivity contribution in [2.75, 3.05) is 19.0 Å². The monoisotopic (exact) mass is 545 g/mol. The average Bonchev–Trinajstić information content (AvgIpc) is 2.98. The lowest BCUT2D eigenvalue weighted by Gasteiger charge is -2.41. The number of benzene rings is 2. The number of nitrogens with zero attached hydrogens (tertiary/aromatic N) is 2. The quantitative estimate of drug-likeness (QED) is 0.315. The Balaban J connectivity index is 1.49. The van der Waals surface area contributed by atoms with E-state index in [0.29, 0.717) is 25.2 Å². The van der Waals surface area contributed by atoms with Gasteiger partial charge in [0, 0.05) is 36.1 Å². The first-order valence-electron chi connectivity index (χ1n) is 13.9. The number of hydrogen-bond donors (Lipinski definition) is 3. The van der Waals surface area contributed by atoms with Crippen LogP contribution in [0.4, 0.5) is 15.0 Å². The maximum atomic E-state index is 13.6. The standard InChI is InChI=1S/C31H36FN5O3/c1-40-30(39)34-17-22-9-5-6-10-25(22)27(19-38)36-29-28(26(18-35-37-29)20-7-3-2-4-8-20)21-11-13-23(14-12-21)31(33)15-24(32)16-31/h2-4,7-8,11-14,18-19,22,24-25,27H,5-6,9-10,15-17,33H2,1H3,(H,34,39)(H,36,37). The molecular weight excluding hydrogens is 509 g/mol. The van der Waals surface area contributed by atoms with Crippen molar-refractivity contribution in [3.8, 4) is 22.3 Å². The zero-order valence-corrected chi connectivity index (χ0v) is 22.7. The van der Waals surface area contributed by atoms with Gasteiger partial charge in [0.25, 0.3) is 0 Å². The second-order valence-corrected chi connectivity index (χ2v) is 11.0.